The van der Waals surface area contributed by atoms with Crippen LogP contribution >= 0.6 is 11.6 Å². The van der Waals surface area contributed by atoms with Crippen LogP contribution in [0, 0.1) is 23.6 Å². The normalized spacial score (nSPS) is 23.1. The molecule has 0 radical (unpaired) electrons. The molecular weight excluding hydrogens is 819 g/mol. The number of amides is 1. The number of halogens is 2. The molecule has 1 fully saturated rings. The van der Waals surface area contributed by atoms with Crippen molar-refractivity contribution >= 4 is 23.4 Å². The summed E-state index contributed by atoms with van der Waals surface area (Å²) >= 11 is 6.03. The third kappa shape index (κ3) is 11.4. The molecule has 0 bridgehead atoms. The zero-order chi connectivity index (χ0) is 43.7. The smallest absolute Gasteiger partial charge is 0.410 e. The molecule has 3 aliphatic rings. The lowest BCUT2D eigenvalue weighted by atomic mass is 9.55. The van der Waals surface area contributed by atoms with E-state index in [2.05, 4.69) is 12.7 Å². The zero-order valence-corrected chi connectivity index (χ0v) is 36.0. The number of fused-ring (bicyclic) bond motifs is 2. The van der Waals surface area contributed by atoms with Crippen molar-refractivity contribution in [3.05, 3.63) is 120 Å². The Hall–Kier alpha value is -4.50. The van der Waals surface area contributed by atoms with E-state index < -0.39 is 23.8 Å². The number of ether oxygens (including phenoxy) is 5. The van der Waals surface area contributed by atoms with E-state index in [0.717, 1.165) is 42.4 Å². The largest absolute Gasteiger partial charge is 0.489 e. The summed E-state index contributed by atoms with van der Waals surface area (Å²) in [5.74, 6) is -1.66. The van der Waals surface area contributed by atoms with Gasteiger partial charge < -0.3 is 43.8 Å². The highest BCUT2D eigenvalue weighted by atomic mass is 35.5. The maximum Gasteiger partial charge on any atom is 0.410 e. The van der Waals surface area contributed by atoms with Gasteiger partial charge in [0.15, 0.2) is 0 Å². The number of carbonyl (C=O) groups is 1. The number of hydrogen-bond donors (Lipinski definition) is 3. The van der Waals surface area contributed by atoms with Gasteiger partial charge in [0, 0.05) is 43.2 Å². The van der Waals surface area contributed by atoms with Gasteiger partial charge in [-0.3, -0.25) is 4.90 Å². The zero-order valence-electron chi connectivity index (χ0n) is 35.3. The molecule has 1 saturated carbocycles. The van der Waals surface area contributed by atoms with E-state index in [9.17, 15) is 24.5 Å². The molecule has 1 amide bonds. The number of hydrogen-bond acceptors (Lipinski definition) is 11. The molecule has 3 N–H and O–H groups in total. The first-order chi connectivity index (χ1) is 30.4. The first-order valence-corrected chi connectivity index (χ1v) is 22.2. The minimum Gasteiger partial charge on any atom is -0.489 e. The lowest BCUT2D eigenvalue weighted by Gasteiger charge is -2.59. The van der Waals surface area contributed by atoms with Crippen LogP contribution in [-0.4, -0.2) is 103 Å². The maximum absolute atomic E-state index is 14.8. The quantitative estimate of drug-likeness (QED) is 0.0332. The summed E-state index contributed by atoms with van der Waals surface area (Å²) in [6, 6.07) is 21.0. The Kier molecular flexibility index (Phi) is 18.0. The summed E-state index contributed by atoms with van der Waals surface area (Å²) in [5, 5.41) is 34.2. The second-order valence-corrected chi connectivity index (χ2v) is 16.1. The van der Waals surface area contributed by atoms with E-state index in [1.165, 1.54) is 6.07 Å². The molecule has 62 heavy (non-hydrogen) atoms. The average Bonchev–Trinajstić information content (AvgIpc) is 3.29. The third-order valence-electron chi connectivity index (χ3n) is 11.9. The Labute approximate surface area is 368 Å². The van der Waals surface area contributed by atoms with Crippen molar-refractivity contribution in [3.8, 4) is 11.5 Å². The van der Waals surface area contributed by atoms with Gasteiger partial charge in [0.2, 0.25) is 5.79 Å². The fourth-order valence-corrected chi connectivity index (χ4v) is 9.26. The van der Waals surface area contributed by atoms with Gasteiger partial charge in [-0.15, -0.1) is 18.2 Å². The summed E-state index contributed by atoms with van der Waals surface area (Å²) in [7, 11) is 0. The molecule has 0 spiro atoms. The van der Waals surface area contributed by atoms with Crippen molar-refractivity contribution in [2.75, 3.05) is 58.7 Å². The topological polar surface area (TPSA) is 149 Å². The van der Waals surface area contributed by atoms with E-state index in [1.807, 2.05) is 42.5 Å². The van der Waals surface area contributed by atoms with E-state index >= 15 is 0 Å². The van der Waals surface area contributed by atoms with E-state index in [1.54, 1.807) is 35.2 Å². The fraction of sp³-hybridized carbons (Fsp3) is 0.500. The summed E-state index contributed by atoms with van der Waals surface area (Å²) in [5.41, 5.74) is 3.69. The Morgan fingerprint density at radius 3 is 2.47 bits per heavy atom. The standard InChI is InChI=1S/C48H60ClFN2O10/c1-2-25-60-48-44(52(21-27-57-28-24-55)47(56)58-26-20-49)31-42(51-61-32-34-12-4-3-5-13-34)39-29-35(14-8-10-22-53)38(16-9-11-23-54)45(46(39)48)40-30-37(18-19-43(40)62-48)59-33-36-15-6-7-17-41(36)50/h2-7,12-13,15,17-19,29-30,35,38,44-46,53-55H,1,8-11,14,16,20-28,31-33H2/t35-,38+,44-,45+,46+,48+/m0/s1. The monoisotopic (exact) mass is 878 g/mol. The number of allylic oxidation sites excluding steroid dienone is 1. The summed E-state index contributed by atoms with van der Waals surface area (Å²) in [4.78, 5) is 22.0. The minimum absolute atomic E-state index is 0.00933. The predicted octanol–water partition coefficient (Wildman–Crippen LogP) is 7.92. The van der Waals surface area contributed by atoms with E-state index in [4.69, 9.17) is 45.3 Å². The number of aliphatic hydroxyl groups excluding tert-OH is 3. The summed E-state index contributed by atoms with van der Waals surface area (Å²) in [6.45, 7) is 4.37. The highest BCUT2D eigenvalue weighted by molar-refractivity contribution is 6.18. The molecule has 0 saturated heterocycles. The summed E-state index contributed by atoms with van der Waals surface area (Å²) in [6.07, 6.45) is 7.69. The van der Waals surface area contributed by atoms with Gasteiger partial charge in [-0.05, 0) is 72.9 Å². The van der Waals surface area contributed by atoms with Gasteiger partial charge in [0.25, 0.3) is 0 Å². The van der Waals surface area contributed by atoms with Gasteiger partial charge in [-0.25, -0.2) is 9.18 Å². The number of benzene rings is 3. The Morgan fingerprint density at radius 2 is 1.73 bits per heavy atom. The molecule has 0 aromatic heterocycles. The van der Waals surface area contributed by atoms with Gasteiger partial charge in [-0.1, -0.05) is 78.7 Å². The van der Waals surface area contributed by atoms with E-state index in [0.29, 0.717) is 35.6 Å². The van der Waals surface area contributed by atoms with Crippen LogP contribution in [0.1, 0.15) is 67.6 Å². The Balaban J connectivity index is 1.55. The molecule has 2 aliphatic carbocycles. The first kappa shape index (κ1) is 47.0. The molecule has 3 aromatic carbocycles. The van der Waals surface area contributed by atoms with Crippen molar-refractivity contribution in [1.82, 2.24) is 4.90 Å². The molecule has 14 heteroatoms. The first-order valence-electron chi connectivity index (χ1n) is 21.7. The lowest BCUT2D eigenvalue weighted by molar-refractivity contribution is -0.256. The summed E-state index contributed by atoms with van der Waals surface area (Å²) < 4.78 is 46.7. The molecule has 1 aliphatic heterocycles. The second kappa shape index (κ2) is 23.8. The van der Waals surface area contributed by atoms with Crippen LogP contribution < -0.4 is 9.47 Å². The fourth-order valence-electron chi connectivity index (χ4n) is 9.19. The molecule has 0 unspecified atom stereocenters. The van der Waals surface area contributed by atoms with Gasteiger partial charge >= 0.3 is 6.09 Å². The number of aliphatic hydroxyl groups is 3. The van der Waals surface area contributed by atoms with E-state index in [-0.39, 0.29) is 102 Å². The van der Waals surface area contributed by atoms with Crippen LogP contribution in [-0.2, 0) is 32.3 Å². The van der Waals surface area contributed by atoms with Gasteiger partial charge in [0.1, 0.15) is 43.2 Å². The maximum atomic E-state index is 14.8. The molecule has 12 nitrogen and oxygen atoms in total. The van der Waals surface area contributed by atoms with Crippen molar-refractivity contribution < 1.29 is 53.0 Å². The van der Waals surface area contributed by atoms with Crippen LogP contribution in [0.4, 0.5) is 9.18 Å². The molecule has 6 rings (SSSR count). The average molecular weight is 879 g/mol. The molecule has 1 heterocycles. The number of nitrogens with zero attached hydrogens (tertiary/aromatic N) is 2. The highest BCUT2D eigenvalue weighted by Gasteiger charge is 2.65. The number of carbonyl (C=O) groups excluding carboxylic acids is 1. The van der Waals surface area contributed by atoms with Gasteiger partial charge in [0.05, 0.1) is 43.9 Å². The highest BCUT2D eigenvalue weighted by Crippen LogP contribution is 2.62. The lowest BCUT2D eigenvalue weighted by Crippen LogP contribution is -2.70. The number of unbranched alkanes of at least 4 members (excludes halogenated alkanes) is 2. The molecule has 336 valence electrons. The van der Waals surface area contributed by atoms with Crippen molar-refractivity contribution in [2.24, 2.45) is 22.9 Å². The van der Waals surface area contributed by atoms with Crippen molar-refractivity contribution in [2.45, 2.75) is 75.9 Å². The van der Waals surface area contributed by atoms with Crippen LogP contribution in [0.2, 0.25) is 0 Å². The number of alkyl halides is 1. The Morgan fingerprint density at radius 1 is 0.952 bits per heavy atom. The number of oxime groups is 1. The van der Waals surface area contributed by atoms with Gasteiger partial charge in [-0.2, -0.15) is 0 Å². The van der Waals surface area contributed by atoms with Crippen LogP contribution in [0.3, 0.4) is 0 Å². The SMILES string of the molecule is C=CCO[C@@]12Oc3ccc(OCc4ccccc4F)cc3[C@H]3[C@H](CCCCO)[C@@H](CCCCO)C=C(C(=NOCc4ccccc4)C[C@@H]1N(CCOCCO)C(=O)OCCCl)[C@H]32. The Bertz CT molecular complexity index is 1950. The van der Waals surface area contributed by atoms with Crippen molar-refractivity contribution in [1.29, 1.82) is 0 Å². The van der Waals surface area contributed by atoms with Crippen LogP contribution in [0.5, 0.6) is 11.5 Å². The van der Waals surface area contributed by atoms with Crippen LogP contribution in [0.15, 0.2) is 102 Å². The predicted molar refractivity (Wildman–Crippen MR) is 234 cm³/mol. The molecule has 6 atom stereocenters. The minimum atomic E-state index is -1.53. The third-order valence-corrected chi connectivity index (χ3v) is 12.0. The number of rotatable bonds is 25. The van der Waals surface area contributed by atoms with Crippen LogP contribution in [0.25, 0.3) is 0 Å². The molecular formula is C48H60ClFN2O10. The van der Waals surface area contributed by atoms with Crippen molar-refractivity contribution in [3.63, 3.8) is 0 Å². The molecule has 3 aromatic rings. The second-order valence-electron chi connectivity index (χ2n) is 15.7.